The van der Waals surface area contributed by atoms with E-state index in [1.807, 2.05) is 0 Å². The number of ether oxygens (including phenoxy) is 2. The molecule has 1 aliphatic carbocycles. The molecule has 2 N–H and O–H groups in total. The number of rotatable bonds is 4. The molecule has 0 bridgehead atoms. The van der Waals surface area contributed by atoms with Gasteiger partial charge in [-0.15, -0.1) is 0 Å². The van der Waals surface area contributed by atoms with Gasteiger partial charge in [-0.1, -0.05) is 12.1 Å². The monoisotopic (exact) mass is 346 g/mol. The van der Waals surface area contributed by atoms with Crippen molar-refractivity contribution in [3.05, 3.63) is 47.5 Å². The predicted octanol–water partition coefficient (Wildman–Crippen LogP) is 2.36. The quantitative estimate of drug-likeness (QED) is 0.834. The second-order valence-electron chi connectivity index (χ2n) is 5.58. The molecule has 25 heavy (non-hydrogen) atoms. The van der Waals surface area contributed by atoms with Gasteiger partial charge in [0.05, 0.1) is 0 Å². The Kier molecular flexibility index (Phi) is 3.34. The summed E-state index contributed by atoms with van der Waals surface area (Å²) in [6.45, 7) is -2.04. The molecule has 128 valence electrons. The molecule has 6 nitrogen and oxygen atoms in total. The van der Waals surface area contributed by atoms with Gasteiger partial charge >= 0.3 is 6.03 Å². The molecular formula is C17H12F2N2O4. The number of hydrogen-bond donors (Lipinski definition) is 2. The number of urea groups is 1. The zero-order valence-electron chi connectivity index (χ0n) is 12.8. The Hall–Kier alpha value is -3.16. The number of benzene rings is 2. The SMILES string of the molecule is O=C1NC(=O)C2(N1)c1cc(OCF)ccc1-c1ccc(OCF)cc12. The molecule has 1 spiro atoms. The summed E-state index contributed by atoms with van der Waals surface area (Å²) in [6, 6.07) is 8.87. The normalized spacial score (nSPS) is 16.2. The number of hydrogen-bond acceptors (Lipinski definition) is 4. The van der Waals surface area contributed by atoms with Gasteiger partial charge in [-0.2, -0.15) is 0 Å². The van der Waals surface area contributed by atoms with Crippen molar-refractivity contribution >= 4 is 11.9 Å². The van der Waals surface area contributed by atoms with Crippen LogP contribution in [0.2, 0.25) is 0 Å². The Balaban J connectivity index is 1.97. The highest BCUT2D eigenvalue weighted by molar-refractivity contribution is 6.13. The minimum atomic E-state index is -1.49. The third-order valence-electron chi connectivity index (χ3n) is 4.39. The molecule has 0 radical (unpaired) electrons. The molecular weight excluding hydrogens is 334 g/mol. The number of alkyl halides is 2. The molecule has 1 saturated heterocycles. The highest BCUT2D eigenvalue weighted by Gasteiger charge is 2.55. The molecule has 0 unspecified atom stereocenters. The Morgan fingerprint density at radius 2 is 1.40 bits per heavy atom. The Labute approximate surface area is 140 Å². The van der Waals surface area contributed by atoms with E-state index in [-0.39, 0.29) is 11.5 Å². The van der Waals surface area contributed by atoms with Gasteiger partial charge in [0.25, 0.3) is 5.91 Å². The molecule has 2 aromatic carbocycles. The minimum absolute atomic E-state index is 0.225. The first-order valence-electron chi connectivity index (χ1n) is 7.40. The van der Waals surface area contributed by atoms with E-state index in [9.17, 15) is 18.4 Å². The van der Waals surface area contributed by atoms with Crippen LogP contribution in [0, 0.1) is 0 Å². The number of amides is 3. The van der Waals surface area contributed by atoms with Crippen LogP contribution in [0.4, 0.5) is 13.6 Å². The van der Waals surface area contributed by atoms with Crippen molar-refractivity contribution in [2.45, 2.75) is 5.54 Å². The first kappa shape index (κ1) is 15.4. The van der Waals surface area contributed by atoms with Crippen molar-refractivity contribution in [3.8, 4) is 22.6 Å². The molecule has 0 atom stereocenters. The first-order valence-corrected chi connectivity index (χ1v) is 7.40. The van der Waals surface area contributed by atoms with E-state index in [0.29, 0.717) is 22.3 Å². The lowest BCUT2D eigenvalue weighted by Gasteiger charge is -2.23. The summed E-state index contributed by atoms with van der Waals surface area (Å²) in [4.78, 5) is 24.5. The third kappa shape index (κ3) is 2.07. The van der Waals surface area contributed by atoms with E-state index in [0.717, 1.165) is 0 Å². The smallest absolute Gasteiger partial charge is 0.322 e. The van der Waals surface area contributed by atoms with E-state index >= 15 is 0 Å². The molecule has 0 aromatic heterocycles. The average molecular weight is 346 g/mol. The molecule has 1 aliphatic heterocycles. The van der Waals surface area contributed by atoms with Crippen molar-refractivity contribution in [1.29, 1.82) is 0 Å². The lowest BCUT2D eigenvalue weighted by Crippen LogP contribution is -2.43. The van der Waals surface area contributed by atoms with Crippen LogP contribution in [0.1, 0.15) is 11.1 Å². The van der Waals surface area contributed by atoms with E-state index in [2.05, 4.69) is 10.6 Å². The van der Waals surface area contributed by atoms with Crippen LogP contribution in [0.3, 0.4) is 0 Å². The Morgan fingerprint density at radius 1 is 0.880 bits per heavy atom. The van der Waals surface area contributed by atoms with Crippen LogP contribution >= 0.6 is 0 Å². The summed E-state index contributed by atoms with van der Waals surface area (Å²) in [7, 11) is 0. The maximum atomic E-state index is 12.6. The molecule has 1 fully saturated rings. The second-order valence-corrected chi connectivity index (χ2v) is 5.58. The standard InChI is InChI=1S/C17H12F2N2O4/c18-7-24-9-1-3-11-12-4-2-10(25-8-19)6-14(12)17(13(11)5-9)15(22)20-16(23)21-17/h1-6H,7-8H2,(H2,20,21,22,23). The fraction of sp³-hybridized carbons (Fsp3) is 0.176. The number of imide groups is 1. The minimum Gasteiger partial charge on any atom is -0.463 e. The van der Waals surface area contributed by atoms with Gasteiger partial charge in [0, 0.05) is 11.1 Å². The first-order chi connectivity index (χ1) is 12.1. The largest absolute Gasteiger partial charge is 0.463 e. The van der Waals surface area contributed by atoms with Crippen molar-refractivity contribution in [1.82, 2.24) is 10.6 Å². The van der Waals surface area contributed by atoms with Gasteiger partial charge < -0.3 is 14.8 Å². The highest BCUT2D eigenvalue weighted by atomic mass is 19.1. The van der Waals surface area contributed by atoms with Gasteiger partial charge in [-0.3, -0.25) is 10.1 Å². The summed E-state index contributed by atoms with van der Waals surface area (Å²) in [5.74, 6) is -0.127. The van der Waals surface area contributed by atoms with Crippen molar-refractivity contribution in [2.24, 2.45) is 0 Å². The average Bonchev–Trinajstić information content (AvgIpc) is 3.04. The van der Waals surface area contributed by atoms with Crippen molar-refractivity contribution in [2.75, 3.05) is 13.7 Å². The van der Waals surface area contributed by atoms with Gasteiger partial charge in [0.2, 0.25) is 13.7 Å². The molecule has 2 aromatic rings. The molecule has 8 heteroatoms. The van der Waals surface area contributed by atoms with Gasteiger partial charge in [0.1, 0.15) is 11.5 Å². The Bertz CT molecular complexity index is 845. The fourth-order valence-corrected chi connectivity index (χ4v) is 3.42. The van der Waals surface area contributed by atoms with E-state index in [1.54, 1.807) is 24.3 Å². The molecule has 3 amide bonds. The summed E-state index contributed by atoms with van der Waals surface area (Å²) in [6.07, 6.45) is 0. The summed E-state index contributed by atoms with van der Waals surface area (Å²) in [5.41, 5.74) is 0.784. The van der Waals surface area contributed by atoms with Gasteiger partial charge in [-0.05, 0) is 35.4 Å². The topological polar surface area (TPSA) is 76.7 Å². The highest BCUT2D eigenvalue weighted by Crippen LogP contribution is 2.50. The zero-order chi connectivity index (χ0) is 17.6. The summed E-state index contributed by atoms with van der Waals surface area (Å²) in [5, 5.41) is 4.85. The number of carbonyl (C=O) groups excluding carboxylic acids is 2. The lowest BCUT2D eigenvalue weighted by molar-refractivity contribution is -0.122. The third-order valence-corrected chi connectivity index (χ3v) is 4.39. The van der Waals surface area contributed by atoms with Crippen LogP contribution in [-0.4, -0.2) is 25.7 Å². The van der Waals surface area contributed by atoms with Crippen molar-refractivity contribution in [3.63, 3.8) is 0 Å². The summed E-state index contributed by atoms with van der Waals surface area (Å²) >= 11 is 0. The van der Waals surface area contributed by atoms with Crippen molar-refractivity contribution < 1.29 is 27.8 Å². The number of fused-ring (bicyclic) bond motifs is 5. The van der Waals surface area contributed by atoms with Crippen LogP contribution in [0.5, 0.6) is 11.5 Å². The molecule has 1 heterocycles. The summed E-state index contributed by atoms with van der Waals surface area (Å²) < 4.78 is 34.8. The molecule has 2 aliphatic rings. The predicted molar refractivity (Wildman–Crippen MR) is 82.5 cm³/mol. The van der Waals surface area contributed by atoms with Gasteiger partial charge in [-0.25, -0.2) is 13.6 Å². The molecule has 0 saturated carbocycles. The van der Waals surface area contributed by atoms with Crippen LogP contribution in [0.25, 0.3) is 11.1 Å². The lowest BCUT2D eigenvalue weighted by atomic mass is 9.87. The van der Waals surface area contributed by atoms with Crippen LogP contribution < -0.4 is 20.1 Å². The van der Waals surface area contributed by atoms with Crippen LogP contribution in [0.15, 0.2) is 36.4 Å². The zero-order valence-corrected chi connectivity index (χ0v) is 12.8. The van der Waals surface area contributed by atoms with E-state index in [4.69, 9.17) is 9.47 Å². The Morgan fingerprint density at radius 3 is 1.80 bits per heavy atom. The maximum absolute atomic E-state index is 12.6. The molecule has 4 rings (SSSR count). The van der Waals surface area contributed by atoms with E-state index in [1.165, 1.54) is 12.1 Å². The van der Waals surface area contributed by atoms with E-state index < -0.39 is 31.2 Å². The maximum Gasteiger partial charge on any atom is 0.322 e. The van der Waals surface area contributed by atoms with Gasteiger partial charge in [0.15, 0.2) is 5.54 Å². The number of carbonyl (C=O) groups is 2. The second kappa shape index (κ2) is 5.44. The number of halogens is 2. The number of nitrogens with one attached hydrogen (secondary N) is 2. The fourth-order valence-electron chi connectivity index (χ4n) is 3.42. The van der Waals surface area contributed by atoms with Crippen LogP contribution in [-0.2, 0) is 10.3 Å².